The molecule has 2 N–H and O–H groups in total. The summed E-state index contributed by atoms with van der Waals surface area (Å²) in [6.45, 7) is 3.39. The van der Waals surface area contributed by atoms with Gasteiger partial charge in [0.05, 0.1) is 4.90 Å². The number of hydrogen-bond donors (Lipinski definition) is 2. The van der Waals surface area contributed by atoms with Gasteiger partial charge in [0, 0.05) is 11.6 Å². The minimum atomic E-state index is 0.000231. The molecule has 0 amide bonds. The van der Waals surface area contributed by atoms with E-state index in [0.717, 1.165) is 0 Å². The number of hydrogen-bond acceptors (Lipinski definition) is 5. The lowest BCUT2D eigenvalue weighted by atomic mass is 10.1. The lowest BCUT2D eigenvalue weighted by Crippen LogP contribution is -1.84. The van der Waals surface area contributed by atoms with Crippen molar-refractivity contribution in [2.24, 2.45) is 4.99 Å². The highest BCUT2D eigenvalue weighted by Gasteiger charge is 2.17. The van der Waals surface area contributed by atoms with Gasteiger partial charge >= 0.3 is 0 Å². The molecule has 0 radical (unpaired) electrons. The Morgan fingerprint density at radius 1 is 1.38 bits per heavy atom. The van der Waals surface area contributed by atoms with Crippen LogP contribution in [0.15, 0.2) is 28.2 Å². The third kappa shape index (κ3) is 1.40. The zero-order valence-corrected chi connectivity index (χ0v) is 9.45. The predicted octanol–water partition coefficient (Wildman–Crippen LogP) is 2.70. The SMILES string of the molecule is C=Nc1c(SC)c(O)c2ncccc2c1O. The smallest absolute Gasteiger partial charge is 0.157 e. The van der Waals surface area contributed by atoms with Crippen LogP contribution in [0.3, 0.4) is 0 Å². The summed E-state index contributed by atoms with van der Waals surface area (Å²) in [4.78, 5) is 8.27. The number of fused-ring (bicyclic) bond motifs is 1. The Kier molecular flexibility index (Phi) is 2.70. The Hall–Kier alpha value is -1.75. The number of nitrogens with zero attached hydrogens (tertiary/aromatic N) is 2. The van der Waals surface area contributed by atoms with E-state index in [-0.39, 0.29) is 11.5 Å². The average Bonchev–Trinajstić information content (AvgIpc) is 2.33. The molecule has 0 atom stereocenters. The summed E-state index contributed by atoms with van der Waals surface area (Å²) in [5, 5.41) is 20.5. The molecular formula is C11H10N2O2S. The van der Waals surface area contributed by atoms with E-state index in [1.165, 1.54) is 11.8 Å². The van der Waals surface area contributed by atoms with Crippen molar-refractivity contribution in [3.8, 4) is 11.5 Å². The number of aromatic nitrogens is 1. The maximum Gasteiger partial charge on any atom is 0.157 e. The van der Waals surface area contributed by atoms with Gasteiger partial charge < -0.3 is 10.2 Å². The monoisotopic (exact) mass is 234 g/mol. The number of aromatic hydroxyl groups is 2. The third-order valence-corrected chi connectivity index (χ3v) is 3.10. The highest BCUT2D eigenvalue weighted by molar-refractivity contribution is 7.98. The Morgan fingerprint density at radius 2 is 2.12 bits per heavy atom. The molecule has 0 bridgehead atoms. The average molecular weight is 234 g/mol. The molecule has 0 aliphatic rings. The van der Waals surface area contributed by atoms with Gasteiger partial charge in [0.25, 0.3) is 0 Å². The molecule has 1 heterocycles. The van der Waals surface area contributed by atoms with E-state index < -0.39 is 0 Å². The fraction of sp³-hybridized carbons (Fsp3) is 0.0909. The van der Waals surface area contributed by atoms with Crippen molar-refractivity contribution in [3.63, 3.8) is 0 Å². The first-order chi connectivity index (χ1) is 7.70. The summed E-state index contributed by atoms with van der Waals surface area (Å²) in [5.41, 5.74) is 0.669. The number of phenols is 2. The predicted molar refractivity (Wildman–Crippen MR) is 66.1 cm³/mol. The Labute approximate surface area is 96.7 Å². The minimum absolute atomic E-state index is 0.000231. The fourth-order valence-corrected chi connectivity index (χ4v) is 2.22. The van der Waals surface area contributed by atoms with Crippen LogP contribution in [0, 0.1) is 0 Å². The van der Waals surface area contributed by atoms with Crippen LogP contribution < -0.4 is 0 Å². The molecule has 1 aromatic carbocycles. The van der Waals surface area contributed by atoms with E-state index in [9.17, 15) is 10.2 Å². The van der Waals surface area contributed by atoms with E-state index in [2.05, 4.69) is 16.7 Å². The molecule has 0 saturated heterocycles. The molecule has 1 aromatic heterocycles. The number of benzene rings is 1. The van der Waals surface area contributed by atoms with Crippen LogP contribution in [0.5, 0.6) is 11.5 Å². The summed E-state index contributed by atoms with van der Waals surface area (Å²) in [7, 11) is 0. The van der Waals surface area contributed by atoms with E-state index in [4.69, 9.17) is 0 Å². The molecule has 16 heavy (non-hydrogen) atoms. The third-order valence-electron chi connectivity index (χ3n) is 2.30. The van der Waals surface area contributed by atoms with E-state index in [0.29, 0.717) is 21.5 Å². The molecule has 0 aliphatic heterocycles. The first-order valence-corrected chi connectivity index (χ1v) is 5.76. The summed E-state index contributed by atoms with van der Waals surface area (Å²) < 4.78 is 0. The van der Waals surface area contributed by atoms with Gasteiger partial charge in [-0.05, 0) is 25.1 Å². The van der Waals surface area contributed by atoms with Crippen molar-refractivity contribution in [2.75, 3.05) is 6.26 Å². The van der Waals surface area contributed by atoms with Gasteiger partial charge in [-0.3, -0.25) is 9.98 Å². The molecular weight excluding hydrogens is 224 g/mol. The van der Waals surface area contributed by atoms with Crippen molar-refractivity contribution < 1.29 is 10.2 Å². The lowest BCUT2D eigenvalue weighted by molar-refractivity contribution is 0.458. The Bertz CT molecular complexity index is 569. The number of pyridine rings is 1. The Morgan fingerprint density at radius 3 is 2.75 bits per heavy atom. The zero-order valence-electron chi connectivity index (χ0n) is 8.64. The summed E-state index contributed by atoms with van der Waals surface area (Å²) in [6.07, 6.45) is 3.35. The highest BCUT2D eigenvalue weighted by atomic mass is 32.2. The van der Waals surface area contributed by atoms with E-state index in [1.54, 1.807) is 24.6 Å². The molecule has 4 nitrogen and oxygen atoms in total. The number of phenolic OH excluding ortho intramolecular Hbond substituents is 2. The first kappa shape index (κ1) is 10.8. The second kappa shape index (κ2) is 4.02. The molecule has 2 rings (SSSR count). The minimum Gasteiger partial charge on any atom is -0.505 e. The van der Waals surface area contributed by atoms with Crippen molar-refractivity contribution in [1.82, 2.24) is 4.98 Å². The van der Waals surface area contributed by atoms with Crippen molar-refractivity contribution in [3.05, 3.63) is 18.3 Å². The van der Waals surface area contributed by atoms with Crippen molar-refractivity contribution in [2.45, 2.75) is 4.90 Å². The van der Waals surface area contributed by atoms with Crippen LogP contribution >= 0.6 is 11.8 Å². The molecule has 0 fully saturated rings. The van der Waals surface area contributed by atoms with Crippen molar-refractivity contribution >= 4 is 35.1 Å². The molecule has 0 saturated carbocycles. The molecule has 0 aliphatic carbocycles. The van der Waals surface area contributed by atoms with Gasteiger partial charge in [0.1, 0.15) is 11.2 Å². The maximum atomic E-state index is 10.0. The number of thioether (sulfide) groups is 1. The second-order valence-corrected chi connectivity index (χ2v) is 3.95. The van der Waals surface area contributed by atoms with E-state index in [1.807, 2.05) is 0 Å². The quantitative estimate of drug-likeness (QED) is 0.476. The van der Waals surface area contributed by atoms with Gasteiger partial charge in [0.15, 0.2) is 11.5 Å². The Balaban J connectivity index is 2.98. The molecule has 5 heteroatoms. The van der Waals surface area contributed by atoms with Crippen LogP contribution in [-0.4, -0.2) is 28.2 Å². The number of aliphatic imine (C=N–C) groups is 1. The van der Waals surface area contributed by atoms with Gasteiger partial charge in [-0.15, -0.1) is 11.8 Å². The van der Waals surface area contributed by atoms with Gasteiger partial charge in [-0.1, -0.05) is 0 Å². The van der Waals surface area contributed by atoms with Crippen LogP contribution in [0.1, 0.15) is 0 Å². The van der Waals surface area contributed by atoms with Crippen LogP contribution in [0.2, 0.25) is 0 Å². The zero-order chi connectivity index (χ0) is 11.7. The van der Waals surface area contributed by atoms with Crippen LogP contribution in [-0.2, 0) is 0 Å². The van der Waals surface area contributed by atoms with Gasteiger partial charge in [-0.25, -0.2) is 0 Å². The topological polar surface area (TPSA) is 65.7 Å². The molecule has 0 unspecified atom stereocenters. The van der Waals surface area contributed by atoms with Crippen LogP contribution in [0.25, 0.3) is 10.9 Å². The van der Waals surface area contributed by atoms with E-state index >= 15 is 0 Å². The fourth-order valence-electron chi connectivity index (χ4n) is 1.58. The maximum absolute atomic E-state index is 10.0. The highest BCUT2D eigenvalue weighted by Crippen LogP contribution is 2.47. The van der Waals surface area contributed by atoms with Gasteiger partial charge in [-0.2, -0.15) is 0 Å². The normalized spacial score (nSPS) is 10.6. The summed E-state index contributed by atoms with van der Waals surface area (Å²) in [5.74, 6) is 0.0311. The largest absolute Gasteiger partial charge is 0.505 e. The lowest BCUT2D eigenvalue weighted by Gasteiger charge is -2.10. The molecule has 0 spiro atoms. The van der Waals surface area contributed by atoms with Crippen LogP contribution in [0.4, 0.5) is 5.69 Å². The standard InChI is InChI=1S/C11H10N2O2S/c1-12-8-9(14)6-4-3-5-13-7(6)10(15)11(8)16-2/h3-5,14-15H,1H2,2H3. The molecule has 2 aromatic rings. The number of rotatable bonds is 2. The van der Waals surface area contributed by atoms with Crippen molar-refractivity contribution in [1.29, 1.82) is 0 Å². The van der Waals surface area contributed by atoms with Gasteiger partial charge in [0.2, 0.25) is 0 Å². The summed E-state index contributed by atoms with van der Waals surface area (Å²) in [6, 6.07) is 3.36. The molecule has 82 valence electrons. The first-order valence-electron chi connectivity index (χ1n) is 4.54. The summed E-state index contributed by atoms with van der Waals surface area (Å²) >= 11 is 1.29. The second-order valence-electron chi connectivity index (χ2n) is 3.14.